The Morgan fingerprint density at radius 2 is 1.64 bits per heavy atom. The van der Waals surface area contributed by atoms with Crippen LogP contribution in [0.25, 0.3) is 0 Å². The fourth-order valence-electron chi connectivity index (χ4n) is 2.82. The Morgan fingerprint density at radius 3 is 2.12 bits per heavy atom. The highest BCUT2D eigenvalue weighted by atomic mass is 32.2. The van der Waals surface area contributed by atoms with E-state index in [4.69, 9.17) is 0 Å². The predicted octanol–water partition coefficient (Wildman–Crippen LogP) is 1.85. The first-order valence-corrected chi connectivity index (χ1v) is 9.98. The van der Waals surface area contributed by atoms with Crippen LogP contribution in [0.4, 0.5) is 0 Å². The molecule has 0 atom stereocenters. The number of rotatable bonds is 5. The van der Waals surface area contributed by atoms with Crippen LogP contribution in [-0.2, 0) is 25.0 Å². The summed E-state index contributed by atoms with van der Waals surface area (Å²) in [5.74, 6) is -0.242. The second-order valence-corrected chi connectivity index (χ2v) is 9.28. The van der Waals surface area contributed by atoms with Crippen molar-refractivity contribution in [2.75, 3.05) is 39.8 Å². The topological polar surface area (TPSA) is 66.9 Å². The zero-order chi connectivity index (χ0) is 18.7. The smallest absolute Gasteiger partial charge is 0.306 e. The summed E-state index contributed by atoms with van der Waals surface area (Å²) in [6, 6.07) is 7.16. The van der Waals surface area contributed by atoms with Crippen LogP contribution in [0.5, 0.6) is 0 Å². The Balaban J connectivity index is 1.98. The van der Waals surface area contributed by atoms with Gasteiger partial charge in [0.1, 0.15) is 0 Å². The van der Waals surface area contributed by atoms with E-state index in [-0.39, 0.29) is 11.4 Å². The van der Waals surface area contributed by atoms with Crippen molar-refractivity contribution in [3.05, 3.63) is 29.8 Å². The van der Waals surface area contributed by atoms with E-state index in [1.54, 1.807) is 12.1 Å². The minimum absolute atomic E-state index is 0.00639. The van der Waals surface area contributed by atoms with E-state index >= 15 is 0 Å². The number of carbonyl (C=O) groups excluding carboxylic acids is 1. The molecule has 0 aliphatic carbocycles. The average Bonchev–Trinajstić information content (AvgIpc) is 2.59. The van der Waals surface area contributed by atoms with Gasteiger partial charge in [-0.2, -0.15) is 4.31 Å². The second kappa shape index (κ2) is 7.85. The molecule has 25 heavy (non-hydrogen) atoms. The standard InChI is InChI=1S/C18H28N2O4S/c1-18(2,3)15-5-7-16(8-6-15)25(22,23)20-13-11-19(12-14-20)10-9-17(21)24-4/h5-8H,9-14H2,1-4H3. The van der Waals surface area contributed by atoms with Crippen LogP contribution in [0.2, 0.25) is 0 Å². The summed E-state index contributed by atoms with van der Waals surface area (Å²) in [6.45, 7) is 9.01. The number of benzene rings is 1. The van der Waals surface area contributed by atoms with Crippen LogP contribution in [0.3, 0.4) is 0 Å². The molecule has 0 aromatic heterocycles. The van der Waals surface area contributed by atoms with Crippen LogP contribution in [0.15, 0.2) is 29.2 Å². The molecule has 1 heterocycles. The highest BCUT2D eigenvalue weighted by Crippen LogP contribution is 2.25. The first-order valence-electron chi connectivity index (χ1n) is 8.54. The Bertz CT molecular complexity index is 685. The molecule has 2 rings (SSSR count). The zero-order valence-corrected chi connectivity index (χ0v) is 16.3. The predicted molar refractivity (Wildman–Crippen MR) is 97.0 cm³/mol. The first-order chi connectivity index (χ1) is 11.6. The van der Waals surface area contributed by atoms with E-state index in [0.717, 1.165) is 5.56 Å². The van der Waals surface area contributed by atoms with Crippen molar-refractivity contribution in [2.45, 2.75) is 37.5 Å². The summed E-state index contributed by atoms with van der Waals surface area (Å²) in [6.07, 6.45) is 0.331. The van der Waals surface area contributed by atoms with Gasteiger partial charge in [0, 0.05) is 32.7 Å². The summed E-state index contributed by atoms with van der Waals surface area (Å²) in [5, 5.41) is 0. The van der Waals surface area contributed by atoms with E-state index < -0.39 is 10.0 Å². The number of carbonyl (C=O) groups is 1. The van der Waals surface area contributed by atoms with Gasteiger partial charge in [0.2, 0.25) is 10.0 Å². The van der Waals surface area contributed by atoms with E-state index in [1.807, 2.05) is 12.1 Å². The first kappa shape index (κ1) is 19.9. The van der Waals surface area contributed by atoms with Gasteiger partial charge in [-0.15, -0.1) is 0 Å². The SMILES string of the molecule is COC(=O)CCN1CCN(S(=O)(=O)c2ccc(C(C)(C)C)cc2)CC1. The van der Waals surface area contributed by atoms with Crippen molar-refractivity contribution < 1.29 is 17.9 Å². The number of sulfonamides is 1. The number of methoxy groups -OCH3 is 1. The fourth-order valence-corrected chi connectivity index (χ4v) is 4.24. The summed E-state index contributed by atoms with van der Waals surface area (Å²) < 4.78 is 31.8. The van der Waals surface area contributed by atoms with Crippen LogP contribution in [-0.4, -0.2) is 63.4 Å². The van der Waals surface area contributed by atoms with Gasteiger partial charge in [-0.1, -0.05) is 32.9 Å². The molecule has 1 aliphatic rings. The molecule has 0 spiro atoms. The third-order valence-electron chi connectivity index (χ3n) is 4.55. The number of nitrogens with zero attached hydrogens (tertiary/aromatic N) is 2. The third-order valence-corrected chi connectivity index (χ3v) is 6.46. The van der Waals surface area contributed by atoms with E-state index in [2.05, 4.69) is 30.4 Å². The lowest BCUT2D eigenvalue weighted by molar-refractivity contribution is -0.141. The number of piperazine rings is 1. The molecule has 1 aromatic rings. The molecule has 1 aromatic carbocycles. The van der Waals surface area contributed by atoms with Crippen LogP contribution < -0.4 is 0 Å². The highest BCUT2D eigenvalue weighted by molar-refractivity contribution is 7.89. The molecule has 7 heteroatoms. The minimum Gasteiger partial charge on any atom is -0.469 e. The van der Waals surface area contributed by atoms with Gasteiger partial charge in [-0.05, 0) is 23.1 Å². The summed E-state index contributed by atoms with van der Waals surface area (Å²) in [5.41, 5.74) is 1.10. The maximum absolute atomic E-state index is 12.8. The van der Waals surface area contributed by atoms with Gasteiger partial charge in [-0.25, -0.2) is 8.42 Å². The van der Waals surface area contributed by atoms with Crippen molar-refractivity contribution in [1.29, 1.82) is 0 Å². The van der Waals surface area contributed by atoms with Crippen LogP contribution >= 0.6 is 0 Å². The molecule has 0 N–H and O–H groups in total. The van der Waals surface area contributed by atoms with Crippen molar-refractivity contribution in [2.24, 2.45) is 0 Å². The summed E-state index contributed by atoms with van der Waals surface area (Å²) in [4.78, 5) is 13.6. The van der Waals surface area contributed by atoms with Gasteiger partial charge >= 0.3 is 5.97 Å². The molecule has 1 saturated heterocycles. The molecule has 0 unspecified atom stereocenters. The molecule has 0 bridgehead atoms. The largest absolute Gasteiger partial charge is 0.469 e. The molecule has 0 saturated carbocycles. The van der Waals surface area contributed by atoms with Crippen LogP contribution in [0.1, 0.15) is 32.8 Å². The van der Waals surface area contributed by atoms with Gasteiger partial charge < -0.3 is 9.64 Å². The normalized spacial score (nSPS) is 17.4. The number of ether oxygens (including phenoxy) is 1. The van der Waals surface area contributed by atoms with Gasteiger partial charge in [-0.3, -0.25) is 4.79 Å². The van der Waals surface area contributed by atoms with E-state index in [1.165, 1.54) is 11.4 Å². The van der Waals surface area contributed by atoms with Crippen LogP contribution in [0, 0.1) is 0 Å². The molecule has 1 fully saturated rings. The Kier molecular flexibility index (Phi) is 6.24. The molecule has 140 valence electrons. The Labute approximate surface area is 150 Å². The lowest BCUT2D eigenvalue weighted by Gasteiger charge is -2.33. The number of hydrogen-bond acceptors (Lipinski definition) is 5. The van der Waals surface area contributed by atoms with E-state index in [9.17, 15) is 13.2 Å². The van der Waals surface area contributed by atoms with Gasteiger partial charge in [0.15, 0.2) is 0 Å². The number of esters is 1. The number of hydrogen-bond donors (Lipinski definition) is 0. The summed E-state index contributed by atoms with van der Waals surface area (Å²) >= 11 is 0. The molecular formula is C18H28N2O4S. The zero-order valence-electron chi connectivity index (χ0n) is 15.5. The van der Waals surface area contributed by atoms with Crippen molar-refractivity contribution in [3.63, 3.8) is 0 Å². The second-order valence-electron chi connectivity index (χ2n) is 7.35. The van der Waals surface area contributed by atoms with Crippen molar-refractivity contribution in [3.8, 4) is 0 Å². The quantitative estimate of drug-likeness (QED) is 0.742. The third kappa shape index (κ3) is 5.03. The Hall–Kier alpha value is -1.44. The van der Waals surface area contributed by atoms with Crippen molar-refractivity contribution in [1.82, 2.24) is 9.21 Å². The minimum atomic E-state index is -3.47. The molecule has 0 amide bonds. The molecular weight excluding hydrogens is 340 g/mol. The monoisotopic (exact) mass is 368 g/mol. The molecule has 6 nitrogen and oxygen atoms in total. The van der Waals surface area contributed by atoms with E-state index in [0.29, 0.717) is 44.0 Å². The highest BCUT2D eigenvalue weighted by Gasteiger charge is 2.28. The maximum atomic E-state index is 12.8. The maximum Gasteiger partial charge on any atom is 0.306 e. The molecule has 0 radical (unpaired) electrons. The molecule has 1 aliphatic heterocycles. The lowest BCUT2D eigenvalue weighted by atomic mass is 9.87. The fraction of sp³-hybridized carbons (Fsp3) is 0.611. The van der Waals surface area contributed by atoms with Gasteiger partial charge in [0.05, 0.1) is 18.4 Å². The summed E-state index contributed by atoms with van der Waals surface area (Å²) in [7, 11) is -2.10. The average molecular weight is 368 g/mol. The van der Waals surface area contributed by atoms with Gasteiger partial charge in [0.25, 0.3) is 0 Å². The van der Waals surface area contributed by atoms with Crippen molar-refractivity contribution >= 4 is 16.0 Å². The Morgan fingerprint density at radius 1 is 1.08 bits per heavy atom. The lowest BCUT2D eigenvalue weighted by Crippen LogP contribution is -2.48.